The Balaban J connectivity index is 2.58. The molecule has 0 aliphatic carbocycles. The Morgan fingerprint density at radius 1 is 1.70 bits per heavy atom. The lowest BCUT2D eigenvalue weighted by Crippen LogP contribution is -2.31. The summed E-state index contributed by atoms with van der Waals surface area (Å²) in [5, 5.41) is 12.1. The number of nitrogens with zero attached hydrogens (tertiary/aromatic N) is 2. The van der Waals surface area contributed by atoms with Crippen LogP contribution in [-0.2, 0) is 4.79 Å². The van der Waals surface area contributed by atoms with Crippen molar-refractivity contribution in [2.45, 2.75) is 18.9 Å². The number of carboxylic acids is 1. The first-order chi connectivity index (χ1) is 4.75. The van der Waals surface area contributed by atoms with Gasteiger partial charge in [-0.05, 0) is 12.8 Å². The van der Waals surface area contributed by atoms with Gasteiger partial charge in [0.05, 0.1) is 5.29 Å². The highest BCUT2D eigenvalue weighted by molar-refractivity contribution is 5.73. The maximum absolute atomic E-state index is 10.3. The zero-order chi connectivity index (χ0) is 7.56. The second kappa shape index (κ2) is 2.64. The molecule has 5 nitrogen and oxygen atoms in total. The van der Waals surface area contributed by atoms with Crippen molar-refractivity contribution in [3.8, 4) is 0 Å². The first kappa shape index (κ1) is 6.98. The summed E-state index contributed by atoms with van der Waals surface area (Å²) in [6.45, 7) is 0.473. The molecule has 0 aromatic carbocycles. The molecule has 56 valence electrons. The molecule has 5 heteroatoms. The molecule has 1 aliphatic heterocycles. The smallest absolute Gasteiger partial charge is 0.328 e. The van der Waals surface area contributed by atoms with Gasteiger partial charge in [0.15, 0.2) is 0 Å². The summed E-state index contributed by atoms with van der Waals surface area (Å²) in [6.07, 6.45) is 1.27. The normalized spacial score (nSPS) is 24.8. The standard InChI is InChI=1S/C5H8N2O3/c8-5(9)4-2-1-3-7(4)6-10/h4H,1-3H2,(H,8,9)/t4-/m1/s1. The van der Waals surface area contributed by atoms with E-state index in [0.717, 1.165) is 11.4 Å². The second-order valence-electron chi connectivity index (χ2n) is 2.24. The highest BCUT2D eigenvalue weighted by Gasteiger charge is 2.30. The first-order valence-corrected chi connectivity index (χ1v) is 3.08. The van der Waals surface area contributed by atoms with Crippen LogP contribution in [0.25, 0.3) is 0 Å². The average molecular weight is 144 g/mol. The Kier molecular flexibility index (Phi) is 1.84. The Labute approximate surface area is 57.6 Å². The fourth-order valence-corrected chi connectivity index (χ4v) is 1.10. The van der Waals surface area contributed by atoms with Crippen molar-refractivity contribution >= 4 is 5.97 Å². The van der Waals surface area contributed by atoms with E-state index in [1.54, 1.807) is 0 Å². The van der Waals surface area contributed by atoms with Gasteiger partial charge in [0.2, 0.25) is 0 Å². The van der Waals surface area contributed by atoms with Crippen LogP contribution in [0.4, 0.5) is 0 Å². The van der Waals surface area contributed by atoms with Crippen LogP contribution >= 0.6 is 0 Å². The molecule has 0 unspecified atom stereocenters. The van der Waals surface area contributed by atoms with Gasteiger partial charge >= 0.3 is 5.97 Å². The van der Waals surface area contributed by atoms with Crippen molar-refractivity contribution in [3.05, 3.63) is 4.91 Å². The lowest BCUT2D eigenvalue weighted by Gasteiger charge is -2.11. The molecule has 0 saturated carbocycles. The number of nitroso groups, excluding NO2 is 1. The van der Waals surface area contributed by atoms with E-state index in [2.05, 4.69) is 5.29 Å². The van der Waals surface area contributed by atoms with Crippen molar-refractivity contribution in [3.63, 3.8) is 0 Å². The van der Waals surface area contributed by atoms with E-state index in [1.165, 1.54) is 0 Å². The molecular weight excluding hydrogens is 136 g/mol. The molecule has 0 aromatic heterocycles. The van der Waals surface area contributed by atoms with Crippen LogP contribution in [0.3, 0.4) is 0 Å². The summed E-state index contributed by atoms with van der Waals surface area (Å²) in [4.78, 5) is 20.3. The predicted octanol–water partition coefficient (Wildman–Crippen LogP) is 0.217. The summed E-state index contributed by atoms with van der Waals surface area (Å²) in [5.74, 6) is -0.961. The molecule has 1 heterocycles. The predicted molar refractivity (Wildman–Crippen MR) is 33.2 cm³/mol. The van der Waals surface area contributed by atoms with Crippen LogP contribution in [-0.4, -0.2) is 28.7 Å². The zero-order valence-corrected chi connectivity index (χ0v) is 5.36. The first-order valence-electron chi connectivity index (χ1n) is 3.08. The SMILES string of the molecule is O=NN1CCC[C@@H]1C(=O)O. The third-order valence-electron chi connectivity index (χ3n) is 1.61. The molecule has 0 spiro atoms. The van der Waals surface area contributed by atoms with Gasteiger partial charge in [-0.3, -0.25) is 0 Å². The van der Waals surface area contributed by atoms with Gasteiger partial charge in [-0.2, -0.15) is 0 Å². The molecular formula is C5H8N2O3. The quantitative estimate of drug-likeness (QED) is 0.562. The molecule has 0 radical (unpaired) electrons. The van der Waals surface area contributed by atoms with Crippen LogP contribution in [0, 0.1) is 4.91 Å². The molecule has 0 bridgehead atoms. The molecule has 0 amide bonds. The number of hydrogen-bond acceptors (Lipinski definition) is 3. The minimum absolute atomic E-state index is 0.473. The number of aliphatic carboxylic acids is 1. The van der Waals surface area contributed by atoms with Crippen molar-refractivity contribution < 1.29 is 9.90 Å². The Morgan fingerprint density at radius 2 is 2.40 bits per heavy atom. The van der Waals surface area contributed by atoms with Gasteiger partial charge in [0.1, 0.15) is 6.04 Å². The third-order valence-corrected chi connectivity index (χ3v) is 1.61. The number of rotatable bonds is 2. The van der Waals surface area contributed by atoms with Gasteiger partial charge < -0.3 is 5.11 Å². The summed E-state index contributed by atoms with van der Waals surface area (Å²) in [6, 6.07) is -0.683. The lowest BCUT2D eigenvalue weighted by molar-refractivity contribution is -0.142. The van der Waals surface area contributed by atoms with Crippen LogP contribution in [0.5, 0.6) is 0 Å². The number of carbonyl (C=O) groups is 1. The fourth-order valence-electron chi connectivity index (χ4n) is 1.10. The second-order valence-corrected chi connectivity index (χ2v) is 2.24. The van der Waals surface area contributed by atoms with Crippen molar-refractivity contribution in [2.24, 2.45) is 5.29 Å². The van der Waals surface area contributed by atoms with Gasteiger partial charge in [-0.1, -0.05) is 0 Å². The number of carboxylic acid groups (broad SMARTS) is 1. The zero-order valence-electron chi connectivity index (χ0n) is 5.36. The highest BCUT2D eigenvalue weighted by atomic mass is 16.4. The summed E-state index contributed by atoms with van der Waals surface area (Å²) in [7, 11) is 0. The van der Waals surface area contributed by atoms with Crippen LogP contribution < -0.4 is 0 Å². The number of hydrogen-bond donors (Lipinski definition) is 1. The van der Waals surface area contributed by atoms with E-state index in [0.29, 0.717) is 13.0 Å². The largest absolute Gasteiger partial charge is 0.480 e. The summed E-state index contributed by atoms with van der Waals surface area (Å²) >= 11 is 0. The summed E-state index contributed by atoms with van der Waals surface area (Å²) < 4.78 is 0. The molecule has 1 atom stereocenters. The minimum Gasteiger partial charge on any atom is -0.480 e. The molecule has 0 aromatic rings. The highest BCUT2D eigenvalue weighted by Crippen LogP contribution is 2.16. The van der Waals surface area contributed by atoms with Crippen LogP contribution in [0.15, 0.2) is 5.29 Å². The monoisotopic (exact) mass is 144 g/mol. The van der Waals surface area contributed by atoms with Crippen molar-refractivity contribution in [2.75, 3.05) is 6.54 Å². The van der Waals surface area contributed by atoms with E-state index in [9.17, 15) is 9.70 Å². The van der Waals surface area contributed by atoms with Crippen molar-refractivity contribution in [1.29, 1.82) is 0 Å². The molecule has 10 heavy (non-hydrogen) atoms. The van der Waals surface area contributed by atoms with Crippen LogP contribution in [0.1, 0.15) is 12.8 Å². The average Bonchev–Trinajstić information content (AvgIpc) is 2.33. The maximum atomic E-state index is 10.3. The van der Waals surface area contributed by atoms with E-state index in [4.69, 9.17) is 5.11 Å². The third kappa shape index (κ3) is 1.07. The Hall–Kier alpha value is -1.13. The maximum Gasteiger partial charge on any atom is 0.328 e. The van der Waals surface area contributed by atoms with Gasteiger partial charge in [0, 0.05) is 6.54 Å². The molecule has 1 fully saturated rings. The van der Waals surface area contributed by atoms with Gasteiger partial charge in [0.25, 0.3) is 0 Å². The van der Waals surface area contributed by atoms with E-state index in [-0.39, 0.29) is 0 Å². The Morgan fingerprint density at radius 3 is 2.80 bits per heavy atom. The molecule has 1 N–H and O–H groups in total. The lowest BCUT2D eigenvalue weighted by atomic mass is 10.2. The van der Waals surface area contributed by atoms with E-state index in [1.807, 2.05) is 0 Å². The molecule has 1 saturated heterocycles. The van der Waals surface area contributed by atoms with Crippen molar-refractivity contribution in [1.82, 2.24) is 5.01 Å². The Bertz CT molecular complexity index is 159. The van der Waals surface area contributed by atoms with Gasteiger partial charge in [-0.25, -0.2) is 9.80 Å². The topological polar surface area (TPSA) is 70.0 Å². The molecule has 1 rings (SSSR count). The van der Waals surface area contributed by atoms with E-state index < -0.39 is 12.0 Å². The molecule has 1 aliphatic rings. The minimum atomic E-state index is -0.961. The van der Waals surface area contributed by atoms with Crippen LogP contribution in [0.2, 0.25) is 0 Å². The fraction of sp³-hybridized carbons (Fsp3) is 0.800. The summed E-state index contributed by atoms with van der Waals surface area (Å²) in [5.41, 5.74) is 0. The van der Waals surface area contributed by atoms with E-state index >= 15 is 0 Å². The van der Waals surface area contributed by atoms with Gasteiger partial charge in [-0.15, -0.1) is 4.91 Å².